The number of nitriles is 1. The first kappa shape index (κ1) is 22.8. The molecular formula is C37H22N2S. The predicted octanol–water partition coefficient (Wildman–Crippen LogP) is 10.4. The summed E-state index contributed by atoms with van der Waals surface area (Å²) in [5.41, 5.74) is 9.05. The second kappa shape index (κ2) is 8.95. The lowest BCUT2D eigenvalue weighted by molar-refractivity contribution is 1.18. The predicted molar refractivity (Wildman–Crippen MR) is 169 cm³/mol. The molecule has 2 heterocycles. The Morgan fingerprint density at radius 1 is 0.475 bits per heavy atom. The Bertz CT molecular complexity index is 2260. The standard InChI is InChI=1S/C37H22N2S/c38-23-24-10-18-36-32(20-24)33-22-28(14-19-37(33)40-36)27-13-17-35-31(21-27)30-8-4-5-9-34(30)39(35)29-15-11-26(12-16-29)25-6-2-1-3-7-25/h1-22H. The molecule has 0 unspecified atom stereocenters. The van der Waals surface area contributed by atoms with Crippen LogP contribution in [0.1, 0.15) is 5.56 Å². The van der Waals surface area contributed by atoms with E-state index in [4.69, 9.17) is 0 Å². The first-order valence-corrected chi connectivity index (χ1v) is 14.1. The third-order valence-electron chi connectivity index (χ3n) is 7.84. The third kappa shape index (κ3) is 3.55. The van der Waals surface area contributed by atoms with Crippen molar-refractivity contribution in [2.24, 2.45) is 0 Å². The Kier molecular flexibility index (Phi) is 5.10. The molecule has 0 radical (unpaired) electrons. The van der Waals surface area contributed by atoms with E-state index < -0.39 is 0 Å². The average Bonchev–Trinajstić information content (AvgIpc) is 3.56. The van der Waals surface area contributed by atoms with E-state index in [1.165, 1.54) is 58.8 Å². The van der Waals surface area contributed by atoms with E-state index in [1.807, 2.05) is 12.1 Å². The van der Waals surface area contributed by atoms with Gasteiger partial charge in [-0.05, 0) is 82.9 Å². The number of nitrogens with zero attached hydrogens (tertiary/aromatic N) is 2. The molecule has 0 bridgehead atoms. The highest BCUT2D eigenvalue weighted by atomic mass is 32.1. The van der Waals surface area contributed by atoms with Gasteiger partial charge in [0.25, 0.3) is 0 Å². The summed E-state index contributed by atoms with van der Waals surface area (Å²) in [6, 6.07) is 49.8. The zero-order valence-corrected chi connectivity index (χ0v) is 22.3. The number of thiophene rings is 1. The van der Waals surface area contributed by atoms with Crippen LogP contribution in [-0.4, -0.2) is 4.57 Å². The van der Waals surface area contributed by atoms with Gasteiger partial charge >= 0.3 is 0 Å². The van der Waals surface area contributed by atoms with Crippen molar-refractivity contribution in [2.75, 3.05) is 0 Å². The van der Waals surface area contributed by atoms with Crippen LogP contribution < -0.4 is 0 Å². The molecule has 0 saturated heterocycles. The van der Waals surface area contributed by atoms with Gasteiger partial charge in [0.2, 0.25) is 0 Å². The second-order valence-electron chi connectivity index (χ2n) is 10.1. The smallest absolute Gasteiger partial charge is 0.0991 e. The SMILES string of the molecule is N#Cc1ccc2sc3ccc(-c4ccc5c(c4)c4ccccc4n5-c4ccc(-c5ccccc5)cc4)cc3c2c1. The molecule has 6 aromatic carbocycles. The monoisotopic (exact) mass is 526 g/mol. The van der Waals surface area contributed by atoms with Crippen LogP contribution in [0.3, 0.4) is 0 Å². The topological polar surface area (TPSA) is 28.7 Å². The molecule has 186 valence electrons. The van der Waals surface area contributed by atoms with Crippen LogP contribution >= 0.6 is 11.3 Å². The fourth-order valence-electron chi connectivity index (χ4n) is 5.89. The molecule has 0 aliphatic heterocycles. The van der Waals surface area contributed by atoms with E-state index >= 15 is 0 Å². The third-order valence-corrected chi connectivity index (χ3v) is 8.99. The fourth-order valence-corrected chi connectivity index (χ4v) is 6.96. The Hall–Kier alpha value is -5.17. The minimum atomic E-state index is 0.698. The highest BCUT2D eigenvalue weighted by Gasteiger charge is 2.14. The molecule has 0 amide bonds. The van der Waals surface area contributed by atoms with E-state index in [1.54, 1.807) is 11.3 Å². The van der Waals surface area contributed by atoms with Gasteiger partial charge in [-0.3, -0.25) is 0 Å². The van der Waals surface area contributed by atoms with E-state index in [9.17, 15) is 5.26 Å². The number of para-hydroxylation sites is 1. The summed E-state index contributed by atoms with van der Waals surface area (Å²) < 4.78 is 4.82. The van der Waals surface area contributed by atoms with Crippen LogP contribution in [0, 0.1) is 11.3 Å². The zero-order valence-electron chi connectivity index (χ0n) is 21.5. The molecule has 3 heteroatoms. The maximum Gasteiger partial charge on any atom is 0.0991 e. The molecule has 8 aromatic rings. The van der Waals surface area contributed by atoms with Gasteiger partial charge in [0.05, 0.1) is 22.7 Å². The Morgan fingerprint density at radius 3 is 1.88 bits per heavy atom. The van der Waals surface area contributed by atoms with Gasteiger partial charge in [-0.1, -0.05) is 72.8 Å². The number of aromatic nitrogens is 1. The summed E-state index contributed by atoms with van der Waals surface area (Å²) in [7, 11) is 0. The minimum Gasteiger partial charge on any atom is -0.309 e. The zero-order chi connectivity index (χ0) is 26.6. The van der Waals surface area contributed by atoms with Gasteiger partial charge < -0.3 is 4.57 Å². The molecular weight excluding hydrogens is 504 g/mol. The van der Waals surface area contributed by atoms with E-state index in [0.29, 0.717) is 5.56 Å². The van der Waals surface area contributed by atoms with Crippen molar-refractivity contribution in [3.05, 3.63) is 139 Å². The number of fused-ring (bicyclic) bond motifs is 6. The molecule has 0 atom stereocenters. The van der Waals surface area contributed by atoms with Gasteiger partial charge in [0.15, 0.2) is 0 Å². The molecule has 0 fully saturated rings. The van der Waals surface area contributed by atoms with Crippen LogP contribution in [0.25, 0.3) is 69.9 Å². The van der Waals surface area contributed by atoms with Gasteiger partial charge in [-0.25, -0.2) is 0 Å². The number of benzene rings is 6. The molecule has 8 rings (SSSR count). The molecule has 0 saturated carbocycles. The van der Waals surface area contributed by atoms with E-state index in [0.717, 1.165) is 11.1 Å². The fraction of sp³-hybridized carbons (Fsp3) is 0. The maximum atomic E-state index is 9.43. The molecule has 2 nitrogen and oxygen atoms in total. The largest absolute Gasteiger partial charge is 0.309 e. The highest BCUT2D eigenvalue weighted by Crippen LogP contribution is 2.39. The van der Waals surface area contributed by atoms with Gasteiger partial charge in [-0.15, -0.1) is 11.3 Å². The second-order valence-corrected chi connectivity index (χ2v) is 11.2. The van der Waals surface area contributed by atoms with Crippen molar-refractivity contribution < 1.29 is 0 Å². The molecule has 40 heavy (non-hydrogen) atoms. The van der Waals surface area contributed by atoms with Crippen molar-refractivity contribution in [1.82, 2.24) is 4.57 Å². The Labute approximate surface area is 235 Å². The molecule has 0 aliphatic carbocycles. The van der Waals surface area contributed by atoms with E-state index in [2.05, 4.69) is 132 Å². The van der Waals surface area contributed by atoms with Gasteiger partial charge in [-0.2, -0.15) is 5.26 Å². The van der Waals surface area contributed by atoms with Crippen LogP contribution in [0.15, 0.2) is 133 Å². The molecule has 2 aromatic heterocycles. The molecule has 0 aliphatic rings. The maximum absolute atomic E-state index is 9.43. The number of hydrogen-bond donors (Lipinski definition) is 0. The van der Waals surface area contributed by atoms with Crippen LogP contribution in [0.5, 0.6) is 0 Å². The summed E-state index contributed by atoms with van der Waals surface area (Å²) in [6.45, 7) is 0. The van der Waals surface area contributed by atoms with Crippen LogP contribution in [0.2, 0.25) is 0 Å². The quantitative estimate of drug-likeness (QED) is 0.225. The van der Waals surface area contributed by atoms with Crippen LogP contribution in [-0.2, 0) is 0 Å². The number of hydrogen-bond acceptors (Lipinski definition) is 2. The van der Waals surface area contributed by atoms with Crippen molar-refractivity contribution in [1.29, 1.82) is 5.26 Å². The van der Waals surface area contributed by atoms with Crippen molar-refractivity contribution in [3.63, 3.8) is 0 Å². The highest BCUT2D eigenvalue weighted by molar-refractivity contribution is 7.25. The average molecular weight is 527 g/mol. The van der Waals surface area contributed by atoms with E-state index in [-0.39, 0.29) is 0 Å². The van der Waals surface area contributed by atoms with Crippen molar-refractivity contribution in [3.8, 4) is 34.0 Å². The normalized spacial score (nSPS) is 11.5. The first-order chi connectivity index (χ1) is 19.8. The lowest BCUT2D eigenvalue weighted by Crippen LogP contribution is -1.93. The van der Waals surface area contributed by atoms with Gasteiger partial charge in [0.1, 0.15) is 0 Å². The van der Waals surface area contributed by atoms with Gasteiger partial charge in [0, 0.05) is 36.6 Å². The number of rotatable bonds is 3. The van der Waals surface area contributed by atoms with Crippen molar-refractivity contribution in [2.45, 2.75) is 0 Å². The van der Waals surface area contributed by atoms with Crippen molar-refractivity contribution >= 4 is 53.3 Å². The summed E-state index contributed by atoms with van der Waals surface area (Å²) in [5.74, 6) is 0. The Balaban J connectivity index is 1.28. The summed E-state index contributed by atoms with van der Waals surface area (Å²) in [6.07, 6.45) is 0. The summed E-state index contributed by atoms with van der Waals surface area (Å²) in [5, 5.41) is 14.3. The minimum absolute atomic E-state index is 0.698. The molecule has 0 spiro atoms. The molecule has 0 N–H and O–H groups in total. The lowest BCUT2D eigenvalue weighted by Gasteiger charge is -2.10. The Morgan fingerprint density at radius 2 is 1.07 bits per heavy atom. The summed E-state index contributed by atoms with van der Waals surface area (Å²) in [4.78, 5) is 0. The first-order valence-electron chi connectivity index (χ1n) is 13.3. The lowest BCUT2D eigenvalue weighted by atomic mass is 10.0. The summed E-state index contributed by atoms with van der Waals surface area (Å²) >= 11 is 1.78. The van der Waals surface area contributed by atoms with Crippen LogP contribution in [0.4, 0.5) is 0 Å².